The van der Waals surface area contributed by atoms with Crippen molar-refractivity contribution in [3.8, 4) is 0 Å². The van der Waals surface area contributed by atoms with E-state index in [4.69, 9.17) is 0 Å². The number of halogens is 2. The van der Waals surface area contributed by atoms with Crippen LogP contribution < -0.4 is 5.32 Å². The minimum atomic E-state index is -1.21. The molecule has 2 aliphatic rings. The summed E-state index contributed by atoms with van der Waals surface area (Å²) in [5.41, 5.74) is -0.391. The first-order valence-corrected chi connectivity index (χ1v) is 9.54. The fourth-order valence-electron chi connectivity index (χ4n) is 4.63. The SMILES string of the molecule is CC(=O)N[C@H](CC(=O)N1[C@H](C(=O)O)C[C@H]2CCCC[C@@H]21)c1c(F)cccc1F. The van der Waals surface area contributed by atoms with Gasteiger partial charge in [-0.3, -0.25) is 9.59 Å². The lowest BCUT2D eigenvalue weighted by Crippen LogP contribution is -2.47. The van der Waals surface area contributed by atoms with Gasteiger partial charge in [0.05, 0.1) is 12.5 Å². The molecule has 0 radical (unpaired) electrons. The lowest BCUT2D eigenvalue weighted by Gasteiger charge is -2.34. The fourth-order valence-corrected chi connectivity index (χ4v) is 4.63. The molecule has 3 rings (SSSR count). The zero-order valence-corrected chi connectivity index (χ0v) is 15.7. The average molecular weight is 394 g/mol. The first kappa shape index (κ1) is 20.2. The molecule has 0 spiro atoms. The first-order chi connectivity index (χ1) is 13.3. The Morgan fingerprint density at radius 2 is 1.86 bits per heavy atom. The van der Waals surface area contributed by atoms with E-state index in [1.165, 1.54) is 17.9 Å². The first-order valence-electron chi connectivity index (χ1n) is 9.54. The highest BCUT2D eigenvalue weighted by molar-refractivity contribution is 5.85. The fraction of sp³-hybridized carbons (Fsp3) is 0.550. The summed E-state index contributed by atoms with van der Waals surface area (Å²) in [6.07, 6.45) is 3.50. The van der Waals surface area contributed by atoms with E-state index in [0.29, 0.717) is 6.42 Å². The minimum Gasteiger partial charge on any atom is -0.480 e. The smallest absolute Gasteiger partial charge is 0.326 e. The van der Waals surface area contributed by atoms with Gasteiger partial charge in [0.2, 0.25) is 11.8 Å². The van der Waals surface area contributed by atoms with Crippen molar-refractivity contribution in [3.05, 3.63) is 35.4 Å². The molecule has 1 aromatic rings. The maximum absolute atomic E-state index is 14.2. The summed E-state index contributed by atoms with van der Waals surface area (Å²) in [6.45, 7) is 1.20. The third-order valence-corrected chi connectivity index (χ3v) is 5.77. The standard InChI is InChI=1S/C20H24F2N2O4/c1-11(25)23-15(19-13(21)6-4-7-14(19)22)10-18(26)24-16-8-3-2-5-12(16)9-17(24)20(27)28/h4,6-7,12,15-17H,2-3,5,8-10H2,1H3,(H,23,25)(H,27,28)/t12-,15-,16+,17+/m1/s1. The second kappa shape index (κ2) is 8.24. The van der Waals surface area contributed by atoms with Crippen LogP contribution in [0, 0.1) is 17.6 Å². The molecule has 0 unspecified atom stereocenters. The summed E-state index contributed by atoms with van der Waals surface area (Å²) >= 11 is 0. The molecule has 1 aromatic carbocycles. The third-order valence-electron chi connectivity index (χ3n) is 5.77. The van der Waals surface area contributed by atoms with E-state index in [1.807, 2.05) is 0 Å². The molecule has 8 heteroatoms. The van der Waals surface area contributed by atoms with Crippen molar-refractivity contribution >= 4 is 17.8 Å². The molecule has 0 aromatic heterocycles. The van der Waals surface area contributed by atoms with Crippen LogP contribution in [0.2, 0.25) is 0 Å². The quantitative estimate of drug-likeness (QED) is 0.804. The van der Waals surface area contributed by atoms with Gasteiger partial charge in [0.25, 0.3) is 0 Å². The molecule has 28 heavy (non-hydrogen) atoms. The summed E-state index contributed by atoms with van der Waals surface area (Å²) in [6, 6.07) is 1.00. The summed E-state index contributed by atoms with van der Waals surface area (Å²) in [5, 5.41) is 12.0. The van der Waals surface area contributed by atoms with Crippen molar-refractivity contribution in [1.82, 2.24) is 10.2 Å². The third kappa shape index (κ3) is 4.00. The Morgan fingerprint density at radius 1 is 1.21 bits per heavy atom. The lowest BCUT2D eigenvalue weighted by atomic mass is 9.84. The zero-order chi connectivity index (χ0) is 20.4. The van der Waals surface area contributed by atoms with Crippen LogP contribution in [0.1, 0.15) is 57.1 Å². The number of carbonyl (C=O) groups is 3. The minimum absolute atomic E-state index is 0.128. The van der Waals surface area contributed by atoms with Crippen molar-refractivity contribution < 1.29 is 28.3 Å². The van der Waals surface area contributed by atoms with Crippen molar-refractivity contribution in [3.63, 3.8) is 0 Å². The van der Waals surface area contributed by atoms with Crippen LogP contribution in [-0.2, 0) is 14.4 Å². The number of hydrogen-bond donors (Lipinski definition) is 2. The second-order valence-electron chi connectivity index (χ2n) is 7.60. The Labute approximate surface area is 161 Å². The van der Waals surface area contributed by atoms with Gasteiger partial charge >= 0.3 is 5.97 Å². The number of nitrogens with zero attached hydrogens (tertiary/aromatic N) is 1. The van der Waals surface area contributed by atoms with E-state index in [0.717, 1.165) is 37.8 Å². The number of likely N-dealkylation sites (tertiary alicyclic amines) is 1. The molecule has 6 nitrogen and oxygen atoms in total. The molecule has 152 valence electrons. The normalized spacial score (nSPS) is 25.1. The molecule has 2 N–H and O–H groups in total. The largest absolute Gasteiger partial charge is 0.480 e. The Hall–Kier alpha value is -2.51. The van der Waals surface area contributed by atoms with Crippen LogP contribution in [0.15, 0.2) is 18.2 Å². The lowest BCUT2D eigenvalue weighted by molar-refractivity contribution is -0.150. The predicted molar refractivity (Wildman–Crippen MR) is 96.2 cm³/mol. The van der Waals surface area contributed by atoms with Crippen LogP contribution in [0.5, 0.6) is 0 Å². The summed E-state index contributed by atoms with van der Waals surface area (Å²) < 4.78 is 28.5. The van der Waals surface area contributed by atoms with Crippen LogP contribution in [-0.4, -0.2) is 39.9 Å². The van der Waals surface area contributed by atoms with Crippen molar-refractivity contribution in [2.45, 2.75) is 63.6 Å². The Kier molecular flexibility index (Phi) is 5.96. The Morgan fingerprint density at radius 3 is 2.46 bits per heavy atom. The maximum atomic E-state index is 14.2. The van der Waals surface area contributed by atoms with Crippen LogP contribution >= 0.6 is 0 Å². The van der Waals surface area contributed by atoms with Gasteiger partial charge in [-0.2, -0.15) is 0 Å². The number of carboxylic acid groups (broad SMARTS) is 1. The van der Waals surface area contributed by atoms with Crippen molar-refractivity contribution in [2.24, 2.45) is 5.92 Å². The van der Waals surface area contributed by atoms with Gasteiger partial charge in [0.15, 0.2) is 0 Å². The highest BCUT2D eigenvalue weighted by Gasteiger charge is 2.47. The second-order valence-corrected chi connectivity index (χ2v) is 7.60. The highest BCUT2D eigenvalue weighted by atomic mass is 19.1. The van der Waals surface area contributed by atoms with Gasteiger partial charge in [-0.25, -0.2) is 13.6 Å². The van der Waals surface area contributed by atoms with E-state index >= 15 is 0 Å². The maximum Gasteiger partial charge on any atom is 0.326 e. The molecule has 1 aliphatic heterocycles. The van der Waals surface area contributed by atoms with Crippen LogP contribution in [0.3, 0.4) is 0 Å². The van der Waals surface area contributed by atoms with Crippen LogP contribution in [0.4, 0.5) is 8.78 Å². The van der Waals surface area contributed by atoms with Crippen molar-refractivity contribution in [1.29, 1.82) is 0 Å². The highest BCUT2D eigenvalue weighted by Crippen LogP contribution is 2.40. The topological polar surface area (TPSA) is 86.7 Å². The summed E-state index contributed by atoms with van der Waals surface area (Å²) in [7, 11) is 0. The molecule has 1 heterocycles. The summed E-state index contributed by atoms with van der Waals surface area (Å²) in [5.74, 6) is -3.72. The van der Waals surface area contributed by atoms with Gasteiger partial charge in [0, 0.05) is 18.5 Å². The number of nitrogens with one attached hydrogen (secondary N) is 1. The molecule has 2 amide bonds. The zero-order valence-electron chi connectivity index (χ0n) is 15.7. The number of carboxylic acids is 1. The van der Waals surface area contributed by atoms with Gasteiger partial charge in [-0.05, 0) is 37.3 Å². The predicted octanol–water partition coefficient (Wildman–Crippen LogP) is 2.78. The molecule has 4 atom stereocenters. The summed E-state index contributed by atoms with van der Waals surface area (Å²) in [4.78, 5) is 37.7. The molecular weight excluding hydrogens is 370 g/mol. The van der Waals surface area contributed by atoms with E-state index < -0.39 is 53.5 Å². The van der Waals surface area contributed by atoms with Gasteiger partial charge in [-0.1, -0.05) is 18.9 Å². The molecule has 1 saturated heterocycles. The van der Waals surface area contributed by atoms with Crippen LogP contribution in [0.25, 0.3) is 0 Å². The molecule has 1 aliphatic carbocycles. The Bertz CT molecular complexity index is 765. The van der Waals surface area contributed by atoms with Crippen molar-refractivity contribution in [2.75, 3.05) is 0 Å². The molecule has 1 saturated carbocycles. The van der Waals surface area contributed by atoms with E-state index in [-0.39, 0.29) is 12.0 Å². The number of aliphatic carboxylic acids is 1. The number of fused-ring (bicyclic) bond motifs is 1. The molecule has 0 bridgehead atoms. The number of carbonyl (C=O) groups excluding carboxylic acids is 2. The number of rotatable bonds is 5. The van der Waals surface area contributed by atoms with E-state index in [1.54, 1.807) is 0 Å². The van der Waals surface area contributed by atoms with Gasteiger partial charge in [-0.15, -0.1) is 0 Å². The van der Waals surface area contributed by atoms with Gasteiger partial charge in [0.1, 0.15) is 17.7 Å². The average Bonchev–Trinajstić information content (AvgIpc) is 3.01. The number of amides is 2. The number of hydrogen-bond acceptors (Lipinski definition) is 3. The molecular formula is C20H24F2N2O4. The monoisotopic (exact) mass is 394 g/mol. The number of benzene rings is 1. The molecule has 2 fully saturated rings. The van der Waals surface area contributed by atoms with Gasteiger partial charge < -0.3 is 15.3 Å². The van der Waals surface area contributed by atoms with E-state index in [2.05, 4.69) is 5.32 Å². The Balaban J connectivity index is 1.88. The van der Waals surface area contributed by atoms with E-state index in [9.17, 15) is 28.3 Å².